The molecule has 0 heterocycles. The van der Waals surface area contributed by atoms with Crippen molar-refractivity contribution in [1.82, 2.24) is 5.32 Å². The van der Waals surface area contributed by atoms with Crippen LogP contribution < -0.4 is 16.0 Å². The lowest BCUT2D eigenvalue weighted by molar-refractivity contribution is -0.114. The van der Waals surface area contributed by atoms with Crippen molar-refractivity contribution in [1.29, 1.82) is 0 Å². The van der Waals surface area contributed by atoms with Gasteiger partial charge in [0.05, 0.1) is 19.2 Å². The van der Waals surface area contributed by atoms with Crippen molar-refractivity contribution in [3.8, 4) is 0 Å². The fourth-order valence-electron chi connectivity index (χ4n) is 2.20. The lowest BCUT2D eigenvalue weighted by Crippen LogP contribution is -2.23. The predicted octanol–water partition coefficient (Wildman–Crippen LogP) is 2.27. The Labute approximate surface area is 151 Å². The average Bonchev–Trinajstić information content (AvgIpc) is 2.67. The second-order valence-electron chi connectivity index (χ2n) is 5.41. The zero-order valence-electron chi connectivity index (χ0n) is 14.7. The van der Waals surface area contributed by atoms with Gasteiger partial charge in [0.15, 0.2) is 0 Å². The average molecular weight is 355 g/mol. The van der Waals surface area contributed by atoms with Gasteiger partial charge in [-0.3, -0.25) is 9.59 Å². The smallest absolute Gasteiger partial charge is 0.337 e. The number of esters is 1. The summed E-state index contributed by atoms with van der Waals surface area (Å²) in [5, 5.41) is 8.43. The molecule has 2 amide bonds. The van der Waals surface area contributed by atoms with Gasteiger partial charge in [0.25, 0.3) is 5.91 Å². The number of nitrogens with one attached hydrogen (secondary N) is 3. The second kappa shape index (κ2) is 9.22. The molecule has 0 aliphatic heterocycles. The number of amides is 2. The molecule has 26 heavy (non-hydrogen) atoms. The van der Waals surface area contributed by atoms with Crippen LogP contribution in [0.2, 0.25) is 0 Å². The van der Waals surface area contributed by atoms with Gasteiger partial charge in [-0.05, 0) is 55.5 Å². The summed E-state index contributed by atoms with van der Waals surface area (Å²) >= 11 is 0. The third-order valence-corrected chi connectivity index (χ3v) is 3.53. The third-order valence-electron chi connectivity index (χ3n) is 3.53. The molecule has 7 nitrogen and oxygen atoms in total. The fourth-order valence-corrected chi connectivity index (χ4v) is 2.20. The lowest BCUT2D eigenvalue weighted by Gasteiger charge is -2.09. The summed E-state index contributed by atoms with van der Waals surface area (Å²) in [5.41, 5.74) is 2.29. The Hall–Kier alpha value is -3.35. The molecule has 2 aromatic rings. The molecule has 2 aromatic carbocycles. The Morgan fingerprint density at radius 1 is 0.885 bits per heavy atom. The van der Waals surface area contributed by atoms with Crippen molar-refractivity contribution >= 4 is 29.2 Å². The van der Waals surface area contributed by atoms with E-state index in [1.807, 2.05) is 6.92 Å². The molecule has 0 aromatic heterocycles. The molecule has 0 saturated carbocycles. The van der Waals surface area contributed by atoms with Gasteiger partial charge in [0.2, 0.25) is 5.91 Å². The van der Waals surface area contributed by atoms with Crippen LogP contribution in [0.1, 0.15) is 27.6 Å². The van der Waals surface area contributed by atoms with E-state index in [9.17, 15) is 14.4 Å². The lowest BCUT2D eigenvalue weighted by atomic mass is 10.2. The summed E-state index contributed by atoms with van der Waals surface area (Å²) in [6.07, 6.45) is 0. The van der Waals surface area contributed by atoms with Gasteiger partial charge in [0, 0.05) is 23.5 Å². The van der Waals surface area contributed by atoms with Gasteiger partial charge in [-0.25, -0.2) is 4.79 Å². The van der Waals surface area contributed by atoms with Crippen molar-refractivity contribution in [2.24, 2.45) is 0 Å². The van der Waals surface area contributed by atoms with E-state index in [1.165, 1.54) is 7.11 Å². The predicted molar refractivity (Wildman–Crippen MR) is 99.4 cm³/mol. The van der Waals surface area contributed by atoms with Gasteiger partial charge in [0.1, 0.15) is 0 Å². The highest BCUT2D eigenvalue weighted by Gasteiger charge is 2.07. The largest absolute Gasteiger partial charge is 0.465 e. The number of rotatable bonds is 7. The maximum Gasteiger partial charge on any atom is 0.337 e. The van der Waals surface area contributed by atoms with Gasteiger partial charge >= 0.3 is 5.97 Å². The standard InChI is InChI=1S/C19H21N3O4/c1-3-20-18(24)13-4-8-15(9-5-13)21-12-17(23)22-16-10-6-14(7-11-16)19(25)26-2/h4-11,21H,3,12H2,1-2H3,(H,20,24)(H,22,23). The first-order valence-corrected chi connectivity index (χ1v) is 8.14. The Morgan fingerprint density at radius 3 is 2.04 bits per heavy atom. The van der Waals surface area contributed by atoms with E-state index in [-0.39, 0.29) is 18.4 Å². The van der Waals surface area contributed by atoms with Gasteiger partial charge < -0.3 is 20.7 Å². The Morgan fingerprint density at radius 2 is 1.46 bits per heavy atom. The topological polar surface area (TPSA) is 96.5 Å². The SMILES string of the molecule is CCNC(=O)c1ccc(NCC(=O)Nc2ccc(C(=O)OC)cc2)cc1. The quantitative estimate of drug-likeness (QED) is 0.662. The molecule has 0 atom stereocenters. The highest BCUT2D eigenvalue weighted by Crippen LogP contribution is 2.12. The summed E-state index contributed by atoms with van der Waals surface area (Å²) < 4.78 is 4.62. The minimum absolute atomic E-state index is 0.0687. The van der Waals surface area contributed by atoms with Crippen LogP contribution in [0, 0.1) is 0 Å². The molecule has 136 valence electrons. The van der Waals surface area contributed by atoms with E-state index in [0.29, 0.717) is 23.4 Å². The van der Waals surface area contributed by atoms with Crippen LogP contribution in [0.4, 0.5) is 11.4 Å². The van der Waals surface area contributed by atoms with Crippen molar-refractivity contribution in [2.75, 3.05) is 30.8 Å². The number of benzene rings is 2. The molecule has 0 fully saturated rings. The molecule has 0 saturated heterocycles. The number of hydrogen-bond acceptors (Lipinski definition) is 5. The molecule has 0 spiro atoms. The summed E-state index contributed by atoms with van der Waals surface area (Å²) in [7, 11) is 1.31. The van der Waals surface area contributed by atoms with E-state index in [2.05, 4.69) is 20.7 Å². The molecular weight excluding hydrogens is 334 g/mol. The number of anilines is 2. The van der Waals surface area contributed by atoms with Gasteiger partial charge in [-0.1, -0.05) is 0 Å². The zero-order valence-corrected chi connectivity index (χ0v) is 14.7. The second-order valence-corrected chi connectivity index (χ2v) is 5.41. The first-order chi connectivity index (χ1) is 12.5. The van der Waals surface area contributed by atoms with Gasteiger partial charge in [-0.15, -0.1) is 0 Å². The Bertz CT molecular complexity index is 770. The van der Waals surface area contributed by atoms with E-state index >= 15 is 0 Å². The third kappa shape index (κ3) is 5.34. The molecule has 0 radical (unpaired) electrons. The van der Waals surface area contributed by atoms with Crippen LogP contribution in [-0.2, 0) is 9.53 Å². The van der Waals surface area contributed by atoms with Crippen molar-refractivity contribution in [3.05, 3.63) is 59.7 Å². The number of carbonyl (C=O) groups is 3. The first kappa shape index (κ1) is 19.0. The zero-order chi connectivity index (χ0) is 18.9. The molecular formula is C19H21N3O4. The number of ether oxygens (including phenoxy) is 1. The van der Waals surface area contributed by atoms with E-state index < -0.39 is 5.97 Å². The van der Waals surface area contributed by atoms with E-state index in [0.717, 1.165) is 5.69 Å². The molecule has 0 aliphatic rings. The van der Waals surface area contributed by atoms with Crippen LogP contribution in [-0.4, -0.2) is 38.0 Å². The minimum Gasteiger partial charge on any atom is -0.465 e. The monoisotopic (exact) mass is 355 g/mol. The number of methoxy groups -OCH3 is 1. The van der Waals surface area contributed by atoms with Crippen LogP contribution >= 0.6 is 0 Å². The van der Waals surface area contributed by atoms with Crippen LogP contribution in [0.5, 0.6) is 0 Å². The molecule has 0 aliphatic carbocycles. The summed E-state index contributed by atoms with van der Waals surface area (Å²) in [5.74, 6) is -0.795. The summed E-state index contributed by atoms with van der Waals surface area (Å²) in [6, 6.07) is 13.3. The summed E-state index contributed by atoms with van der Waals surface area (Å²) in [4.78, 5) is 35.0. The van der Waals surface area contributed by atoms with Crippen molar-refractivity contribution in [3.63, 3.8) is 0 Å². The van der Waals surface area contributed by atoms with Crippen molar-refractivity contribution in [2.45, 2.75) is 6.92 Å². The maximum absolute atomic E-state index is 12.0. The number of hydrogen-bond donors (Lipinski definition) is 3. The molecule has 7 heteroatoms. The van der Waals surface area contributed by atoms with E-state index in [1.54, 1.807) is 48.5 Å². The fraction of sp³-hybridized carbons (Fsp3) is 0.211. The van der Waals surface area contributed by atoms with Crippen LogP contribution in [0.25, 0.3) is 0 Å². The minimum atomic E-state index is -0.430. The Kier molecular flexibility index (Phi) is 6.73. The molecule has 0 unspecified atom stereocenters. The highest BCUT2D eigenvalue weighted by molar-refractivity contribution is 5.96. The first-order valence-electron chi connectivity index (χ1n) is 8.14. The normalized spacial score (nSPS) is 9.92. The van der Waals surface area contributed by atoms with E-state index in [4.69, 9.17) is 0 Å². The highest BCUT2D eigenvalue weighted by atomic mass is 16.5. The van der Waals surface area contributed by atoms with Crippen LogP contribution in [0.3, 0.4) is 0 Å². The van der Waals surface area contributed by atoms with Crippen LogP contribution in [0.15, 0.2) is 48.5 Å². The van der Waals surface area contributed by atoms with Gasteiger partial charge in [-0.2, -0.15) is 0 Å². The molecule has 2 rings (SSSR count). The van der Waals surface area contributed by atoms with Crippen molar-refractivity contribution < 1.29 is 19.1 Å². The number of carbonyl (C=O) groups excluding carboxylic acids is 3. The summed E-state index contributed by atoms with van der Waals surface area (Å²) in [6.45, 7) is 2.49. The molecule has 0 bridgehead atoms. The Balaban J connectivity index is 1.84. The maximum atomic E-state index is 12.0. The molecule has 3 N–H and O–H groups in total.